The van der Waals surface area contributed by atoms with Crippen LogP contribution in [-0.2, 0) is 17.9 Å². The van der Waals surface area contributed by atoms with E-state index in [1.54, 1.807) is 4.68 Å². The molecular weight excluding hydrogens is 276 g/mol. The molecule has 0 amide bonds. The Hall–Kier alpha value is -1.36. The van der Waals surface area contributed by atoms with Crippen LogP contribution < -0.4 is 0 Å². The first-order valence-corrected chi connectivity index (χ1v) is 6.93. The van der Waals surface area contributed by atoms with Crippen molar-refractivity contribution in [1.82, 2.24) is 9.78 Å². The zero-order valence-corrected chi connectivity index (χ0v) is 12.5. The summed E-state index contributed by atoms with van der Waals surface area (Å²) in [6.45, 7) is 5.10. The van der Waals surface area contributed by atoms with E-state index in [9.17, 15) is 5.11 Å². The number of hydrogen-bond acceptors (Lipinski definition) is 3. The molecule has 1 N–H and O–H groups in total. The maximum Gasteiger partial charge on any atom is 0.0969 e. The molecule has 4 nitrogen and oxygen atoms in total. The highest BCUT2D eigenvalue weighted by atomic mass is 35.5. The van der Waals surface area contributed by atoms with Gasteiger partial charge in [-0.15, -0.1) is 0 Å². The second-order valence-electron chi connectivity index (χ2n) is 4.90. The molecule has 5 heteroatoms. The van der Waals surface area contributed by atoms with Crippen molar-refractivity contribution in [3.05, 3.63) is 52.3 Å². The van der Waals surface area contributed by atoms with Gasteiger partial charge in [0.1, 0.15) is 0 Å². The second kappa shape index (κ2) is 6.88. The van der Waals surface area contributed by atoms with Crippen molar-refractivity contribution < 1.29 is 9.84 Å². The number of aromatic nitrogens is 2. The minimum absolute atomic E-state index is 0.279. The monoisotopic (exact) mass is 294 g/mol. The van der Waals surface area contributed by atoms with Crippen molar-refractivity contribution in [2.75, 3.05) is 6.61 Å². The smallest absolute Gasteiger partial charge is 0.0969 e. The zero-order valence-electron chi connectivity index (χ0n) is 11.7. The standard InChI is InChI=1S/C15H19ClN2O2/c1-11-7-12(2)18(17-11)8-15(19)10-20-9-13-3-5-14(16)6-4-13/h3-7,15,19H,8-10H2,1-2H3/t15-/m1/s1. The van der Waals surface area contributed by atoms with Crippen molar-refractivity contribution in [2.45, 2.75) is 33.1 Å². The van der Waals surface area contributed by atoms with Crippen LogP contribution in [0.2, 0.25) is 5.02 Å². The number of aliphatic hydroxyl groups excluding tert-OH is 1. The van der Waals surface area contributed by atoms with Crippen molar-refractivity contribution in [1.29, 1.82) is 0 Å². The van der Waals surface area contributed by atoms with Gasteiger partial charge in [-0.25, -0.2) is 0 Å². The normalized spacial score (nSPS) is 12.6. The molecule has 0 saturated heterocycles. The number of ether oxygens (including phenoxy) is 1. The zero-order chi connectivity index (χ0) is 14.5. The number of aryl methyl sites for hydroxylation is 2. The van der Waals surface area contributed by atoms with E-state index in [2.05, 4.69) is 5.10 Å². The summed E-state index contributed by atoms with van der Waals surface area (Å²) in [5.41, 5.74) is 3.03. The summed E-state index contributed by atoms with van der Waals surface area (Å²) in [6.07, 6.45) is -0.569. The summed E-state index contributed by atoms with van der Waals surface area (Å²) >= 11 is 5.81. The van der Waals surface area contributed by atoms with Crippen LogP contribution in [0, 0.1) is 13.8 Å². The Morgan fingerprint density at radius 1 is 1.30 bits per heavy atom. The predicted molar refractivity (Wildman–Crippen MR) is 78.8 cm³/mol. The van der Waals surface area contributed by atoms with Crippen LogP contribution in [0.4, 0.5) is 0 Å². The molecule has 2 rings (SSSR count). The van der Waals surface area contributed by atoms with Gasteiger partial charge in [0.2, 0.25) is 0 Å². The van der Waals surface area contributed by atoms with Crippen LogP contribution in [-0.4, -0.2) is 27.6 Å². The largest absolute Gasteiger partial charge is 0.389 e. The lowest BCUT2D eigenvalue weighted by atomic mass is 10.2. The molecule has 20 heavy (non-hydrogen) atoms. The Bertz CT molecular complexity index is 552. The van der Waals surface area contributed by atoms with Crippen LogP contribution in [0.25, 0.3) is 0 Å². The van der Waals surface area contributed by atoms with Gasteiger partial charge in [-0.2, -0.15) is 5.10 Å². The fraction of sp³-hybridized carbons (Fsp3) is 0.400. The Labute approximate surface area is 123 Å². The van der Waals surface area contributed by atoms with Gasteiger partial charge in [-0.3, -0.25) is 4.68 Å². The maximum absolute atomic E-state index is 9.95. The van der Waals surface area contributed by atoms with E-state index in [1.807, 2.05) is 44.2 Å². The van der Waals surface area contributed by atoms with Crippen LogP contribution >= 0.6 is 11.6 Å². The molecule has 0 aliphatic rings. The van der Waals surface area contributed by atoms with Gasteiger partial charge in [0.25, 0.3) is 0 Å². The quantitative estimate of drug-likeness (QED) is 0.891. The Kier molecular flexibility index (Phi) is 5.17. The van der Waals surface area contributed by atoms with E-state index in [0.717, 1.165) is 17.0 Å². The highest BCUT2D eigenvalue weighted by Gasteiger charge is 2.09. The number of aliphatic hydroxyl groups is 1. The molecule has 108 valence electrons. The van der Waals surface area contributed by atoms with Crippen molar-refractivity contribution in [3.63, 3.8) is 0 Å². The minimum atomic E-state index is -0.569. The summed E-state index contributed by atoms with van der Waals surface area (Å²) in [5.74, 6) is 0. The van der Waals surface area contributed by atoms with E-state index in [-0.39, 0.29) is 6.61 Å². The molecule has 0 aliphatic carbocycles. The number of hydrogen-bond donors (Lipinski definition) is 1. The SMILES string of the molecule is Cc1cc(C)n(C[C@@H](O)COCc2ccc(Cl)cc2)n1. The van der Waals surface area contributed by atoms with E-state index in [0.29, 0.717) is 18.2 Å². The molecule has 1 atom stereocenters. The van der Waals surface area contributed by atoms with Crippen molar-refractivity contribution in [2.24, 2.45) is 0 Å². The second-order valence-corrected chi connectivity index (χ2v) is 5.34. The fourth-order valence-electron chi connectivity index (χ4n) is 2.01. The summed E-state index contributed by atoms with van der Waals surface area (Å²) < 4.78 is 7.30. The molecule has 1 aromatic carbocycles. The van der Waals surface area contributed by atoms with Gasteiger partial charge in [0.15, 0.2) is 0 Å². The molecule has 0 saturated carbocycles. The molecule has 0 unspecified atom stereocenters. The number of rotatable bonds is 6. The van der Waals surface area contributed by atoms with Gasteiger partial charge in [0, 0.05) is 10.7 Å². The van der Waals surface area contributed by atoms with Gasteiger partial charge in [-0.1, -0.05) is 23.7 Å². The number of benzene rings is 1. The Morgan fingerprint density at radius 3 is 2.60 bits per heavy atom. The Balaban J connectivity index is 1.76. The summed E-state index contributed by atoms with van der Waals surface area (Å²) in [4.78, 5) is 0. The van der Waals surface area contributed by atoms with E-state index in [4.69, 9.17) is 16.3 Å². The van der Waals surface area contributed by atoms with E-state index in [1.165, 1.54) is 0 Å². The molecule has 1 heterocycles. The number of halogens is 1. The minimum Gasteiger partial charge on any atom is -0.389 e. The third-order valence-electron chi connectivity index (χ3n) is 2.98. The third-order valence-corrected chi connectivity index (χ3v) is 3.23. The van der Waals surface area contributed by atoms with Crippen LogP contribution in [0.1, 0.15) is 17.0 Å². The maximum atomic E-state index is 9.95. The topological polar surface area (TPSA) is 47.3 Å². The fourth-order valence-corrected chi connectivity index (χ4v) is 2.13. The van der Waals surface area contributed by atoms with E-state index >= 15 is 0 Å². The summed E-state index contributed by atoms with van der Waals surface area (Å²) in [6, 6.07) is 9.46. The lowest BCUT2D eigenvalue weighted by molar-refractivity contribution is 0.0184. The van der Waals surface area contributed by atoms with Crippen molar-refractivity contribution >= 4 is 11.6 Å². The molecule has 2 aromatic rings. The van der Waals surface area contributed by atoms with Gasteiger partial charge in [-0.05, 0) is 37.6 Å². The molecule has 0 fully saturated rings. The van der Waals surface area contributed by atoms with Gasteiger partial charge in [0.05, 0.1) is 31.6 Å². The van der Waals surface area contributed by atoms with Gasteiger partial charge >= 0.3 is 0 Å². The average Bonchev–Trinajstić information content (AvgIpc) is 2.70. The van der Waals surface area contributed by atoms with Crippen LogP contribution in [0.5, 0.6) is 0 Å². The lowest BCUT2D eigenvalue weighted by Gasteiger charge is -2.12. The molecule has 0 spiro atoms. The van der Waals surface area contributed by atoms with E-state index < -0.39 is 6.10 Å². The summed E-state index contributed by atoms with van der Waals surface area (Å²) in [5, 5.41) is 15.0. The van der Waals surface area contributed by atoms with Gasteiger partial charge < -0.3 is 9.84 Å². The molecule has 0 radical (unpaired) electrons. The highest BCUT2D eigenvalue weighted by molar-refractivity contribution is 6.30. The lowest BCUT2D eigenvalue weighted by Crippen LogP contribution is -2.23. The third kappa shape index (κ3) is 4.34. The first-order valence-electron chi connectivity index (χ1n) is 6.56. The highest BCUT2D eigenvalue weighted by Crippen LogP contribution is 2.10. The summed E-state index contributed by atoms with van der Waals surface area (Å²) in [7, 11) is 0. The van der Waals surface area contributed by atoms with Crippen LogP contribution in [0.3, 0.4) is 0 Å². The molecule has 0 aliphatic heterocycles. The molecular formula is C15H19ClN2O2. The first-order chi connectivity index (χ1) is 9.54. The van der Waals surface area contributed by atoms with Crippen LogP contribution in [0.15, 0.2) is 30.3 Å². The van der Waals surface area contributed by atoms with Crippen molar-refractivity contribution in [3.8, 4) is 0 Å². The molecule has 1 aromatic heterocycles. The Morgan fingerprint density at radius 2 is 2.00 bits per heavy atom. The number of nitrogens with zero attached hydrogens (tertiary/aromatic N) is 2. The average molecular weight is 295 g/mol. The molecule has 0 bridgehead atoms. The predicted octanol–water partition coefficient (Wildman–Crippen LogP) is 2.73. The first kappa shape index (κ1) is 15.0.